The van der Waals surface area contributed by atoms with Gasteiger partial charge in [-0.1, -0.05) is 63.2 Å². The third kappa shape index (κ3) is 3.43. The number of benzene rings is 1. The molecule has 0 aliphatic heterocycles. The Bertz CT molecular complexity index is 565. The van der Waals surface area contributed by atoms with Gasteiger partial charge in [-0.15, -0.1) is 0 Å². The van der Waals surface area contributed by atoms with Gasteiger partial charge in [0.05, 0.1) is 13.8 Å². The zero-order chi connectivity index (χ0) is 15.3. The molecule has 0 bridgehead atoms. The Morgan fingerprint density at radius 1 is 0.905 bits per heavy atom. The molecule has 1 aromatic carbocycles. The first kappa shape index (κ1) is 16.0. The van der Waals surface area contributed by atoms with Crippen molar-refractivity contribution >= 4 is 8.07 Å². The predicted octanol–water partition coefficient (Wildman–Crippen LogP) is 5.65. The van der Waals surface area contributed by atoms with Crippen molar-refractivity contribution in [3.05, 3.63) is 53.7 Å². The summed E-state index contributed by atoms with van der Waals surface area (Å²) in [6.07, 6.45) is 1.90. The largest absolute Gasteiger partial charge is 0.256 e. The Morgan fingerprint density at radius 3 is 2.19 bits per heavy atom. The molecule has 1 aromatic heterocycles. The number of aromatic nitrogens is 1. The quantitative estimate of drug-likeness (QED) is 0.628. The van der Waals surface area contributed by atoms with Gasteiger partial charge >= 0.3 is 0 Å². The van der Waals surface area contributed by atoms with E-state index in [9.17, 15) is 0 Å². The number of nitrogens with zero attached hydrogens (tertiary/aromatic N) is 1. The Balaban J connectivity index is 2.48. The smallest absolute Gasteiger partial charge is 0.0707 e. The molecule has 1 heterocycles. The van der Waals surface area contributed by atoms with Crippen LogP contribution in [0.3, 0.4) is 0 Å². The van der Waals surface area contributed by atoms with E-state index in [-0.39, 0.29) is 0 Å². The average molecular weight is 298 g/mol. The SMILES string of the molecule is CC[Si](CC)(CC)Cc1cccc(C)c1-c1ccccn1. The van der Waals surface area contributed by atoms with Crippen LogP contribution in [0.25, 0.3) is 11.3 Å². The molecular formula is C19H27NSi. The molecule has 2 aromatic rings. The second-order valence-electron chi connectivity index (χ2n) is 6.06. The molecule has 1 nitrogen and oxygen atoms in total. The summed E-state index contributed by atoms with van der Waals surface area (Å²) in [6, 6.07) is 18.3. The molecule has 112 valence electrons. The molecule has 21 heavy (non-hydrogen) atoms. The van der Waals surface area contributed by atoms with Crippen LogP contribution in [0, 0.1) is 6.92 Å². The highest BCUT2D eigenvalue weighted by atomic mass is 28.3. The van der Waals surface area contributed by atoms with Crippen molar-refractivity contribution in [3.63, 3.8) is 0 Å². The van der Waals surface area contributed by atoms with Gasteiger partial charge in [-0.25, -0.2) is 0 Å². The molecule has 0 amide bonds. The number of aryl methyl sites for hydroxylation is 1. The fourth-order valence-corrected chi connectivity index (χ4v) is 6.63. The van der Waals surface area contributed by atoms with Crippen LogP contribution in [0.5, 0.6) is 0 Å². The van der Waals surface area contributed by atoms with E-state index in [0.717, 1.165) is 5.69 Å². The van der Waals surface area contributed by atoms with E-state index in [1.54, 1.807) is 0 Å². The van der Waals surface area contributed by atoms with Gasteiger partial charge in [0.1, 0.15) is 0 Å². The summed E-state index contributed by atoms with van der Waals surface area (Å²) in [6.45, 7) is 9.36. The maximum absolute atomic E-state index is 4.59. The van der Waals surface area contributed by atoms with Gasteiger partial charge in [-0.05, 0) is 36.2 Å². The molecule has 0 radical (unpaired) electrons. The minimum Gasteiger partial charge on any atom is -0.256 e. The highest BCUT2D eigenvalue weighted by Crippen LogP contribution is 2.32. The van der Waals surface area contributed by atoms with Gasteiger partial charge in [-0.2, -0.15) is 0 Å². The maximum Gasteiger partial charge on any atom is 0.0707 e. The number of hydrogen-bond donors (Lipinski definition) is 0. The van der Waals surface area contributed by atoms with Crippen LogP contribution in [0.4, 0.5) is 0 Å². The molecule has 0 fully saturated rings. The van der Waals surface area contributed by atoms with E-state index in [2.05, 4.69) is 63.0 Å². The van der Waals surface area contributed by atoms with E-state index in [4.69, 9.17) is 0 Å². The zero-order valence-electron chi connectivity index (χ0n) is 13.8. The molecule has 0 aliphatic rings. The molecule has 0 atom stereocenters. The summed E-state index contributed by atoms with van der Waals surface area (Å²) in [5.41, 5.74) is 5.34. The van der Waals surface area contributed by atoms with Gasteiger partial charge in [-0.3, -0.25) is 4.98 Å². The lowest BCUT2D eigenvalue weighted by Gasteiger charge is -2.29. The average Bonchev–Trinajstić information content (AvgIpc) is 2.54. The standard InChI is InChI=1S/C19H27NSi/c1-5-21(6-2,7-3)15-17-12-10-11-16(4)19(17)18-13-8-9-14-20-18/h8-14H,5-7,15H2,1-4H3. The summed E-state index contributed by atoms with van der Waals surface area (Å²) in [5, 5.41) is 0. The third-order valence-electron chi connectivity index (χ3n) is 5.10. The van der Waals surface area contributed by atoms with E-state index >= 15 is 0 Å². The normalized spacial score (nSPS) is 11.6. The molecule has 0 unspecified atom stereocenters. The van der Waals surface area contributed by atoms with E-state index in [1.165, 1.54) is 40.9 Å². The first-order chi connectivity index (χ1) is 10.2. The Labute approximate surface area is 130 Å². The van der Waals surface area contributed by atoms with Crippen molar-refractivity contribution in [2.45, 2.75) is 51.9 Å². The highest BCUT2D eigenvalue weighted by Gasteiger charge is 2.28. The summed E-state index contributed by atoms with van der Waals surface area (Å²) in [4.78, 5) is 4.59. The number of pyridine rings is 1. The molecule has 0 saturated carbocycles. The second kappa shape index (κ2) is 7.03. The van der Waals surface area contributed by atoms with Crippen LogP contribution in [-0.2, 0) is 6.04 Å². The van der Waals surface area contributed by atoms with Gasteiger partial charge < -0.3 is 0 Å². The summed E-state index contributed by atoms with van der Waals surface area (Å²) < 4.78 is 0. The Kier molecular flexibility index (Phi) is 5.35. The van der Waals surface area contributed by atoms with Gasteiger partial charge in [0.2, 0.25) is 0 Å². The number of rotatable bonds is 6. The Hall–Kier alpha value is -1.41. The molecule has 0 spiro atoms. The maximum atomic E-state index is 4.59. The molecule has 0 saturated heterocycles. The molecule has 0 N–H and O–H groups in total. The third-order valence-corrected chi connectivity index (χ3v) is 10.7. The van der Waals surface area contributed by atoms with Gasteiger partial charge in [0.15, 0.2) is 0 Å². The van der Waals surface area contributed by atoms with Crippen LogP contribution >= 0.6 is 0 Å². The lowest BCUT2D eigenvalue weighted by atomic mass is 9.99. The first-order valence-electron chi connectivity index (χ1n) is 8.15. The van der Waals surface area contributed by atoms with Gasteiger partial charge in [0.25, 0.3) is 0 Å². The predicted molar refractivity (Wildman–Crippen MR) is 95.3 cm³/mol. The minimum absolute atomic E-state index is 1.12. The van der Waals surface area contributed by atoms with E-state index < -0.39 is 8.07 Å². The van der Waals surface area contributed by atoms with Crippen LogP contribution in [0.15, 0.2) is 42.6 Å². The molecular weight excluding hydrogens is 270 g/mol. The van der Waals surface area contributed by atoms with Crippen molar-refractivity contribution in [3.8, 4) is 11.3 Å². The van der Waals surface area contributed by atoms with Crippen LogP contribution < -0.4 is 0 Å². The van der Waals surface area contributed by atoms with Crippen LogP contribution in [0.2, 0.25) is 18.1 Å². The highest BCUT2D eigenvalue weighted by molar-refractivity contribution is 6.79. The summed E-state index contributed by atoms with van der Waals surface area (Å²) in [7, 11) is -1.17. The van der Waals surface area contributed by atoms with E-state index in [0.29, 0.717) is 0 Å². The van der Waals surface area contributed by atoms with Crippen molar-refractivity contribution in [1.29, 1.82) is 0 Å². The van der Waals surface area contributed by atoms with Crippen molar-refractivity contribution in [2.24, 2.45) is 0 Å². The first-order valence-corrected chi connectivity index (χ1v) is 11.0. The zero-order valence-corrected chi connectivity index (χ0v) is 14.8. The number of hydrogen-bond acceptors (Lipinski definition) is 1. The van der Waals surface area contributed by atoms with Crippen molar-refractivity contribution < 1.29 is 0 Å². The monoisotopic (exact) mass is 297 g/mol. The lowest BCUT2D eigenvalue weighted by Crippen LogP contribution is -2.35. The van der Waals surface area contributed by atoms with E-state index in [1.807, 2.05) is 12.3 Å². The second-order valence-corrected chi connectivity index (χ2v) is 11.5. The molecule has 2 heteroatoms. The molecule has 0 aliphatic carbocycles. The minimum atomic E-state index is -1.17. The fourth-order valence-electron chi connectivity index (χ4n) is 3.28. The lowest BCUT2D eigenvalue weighted by molar-refractivity contribution is 1.10. The van der Waals surface area contributed by atoms with Crippen molar-refractivity contribution in [2.75, 3.05) is 0 Å². The fraction of sp³-hybridized carbons (Fsp3) is 0.421. The summed E-state index contributed by atoms with van der Waals surface area (Å²) >= 11 is 0. The topological polar surface area (TPSA) is 12.9 Å². The Morgan fingerprint density at radius 2 is 1.62 bits per heavy atom. The van der Waals surface area contributed by atoms with Gasteiger partial charge in [0, 0.05) is 11.8 Å². The summed E-state index contributed by atoms with van der Waals surface area (Å²) in [5.74, 6) is 0. The molecule has 2 rings (SSSR count). The van der Waals surface area contributed by atoms with Crippen LogP contribution in [-0.4, -0.2) is 13.1 Å². The van der Waals surface area contributed by atoms with Crippen molar-refractivity contribution in [1.82, 2.24) is 4.98 Å². The van der Waals surface area contributed by atoms with Crippen LogP contribution in [0.1, 0.15) is 31.9 Å².